The molecule has 2 aliphatic heterocycles. The van der Waals surface area contributed by atoms with Gasteiger partial charge in [0.1, 0.15) is 11.9 Å². The monoisotopic (exact) mass is 693 g/mol. The summed E-state index contributed by atoms with van der Waals surface area (Å²) in [5.41, 5.74) is 1.93. The Kier molecular flexibility index (Phi) is 12.3. The summed E-state index contributed by atoms with van der Waals surface area (Å²) in [6.07, 6.45) is 3.30. The first-order chi connectivity index (χ1) is 21.4. The summed E-state index contributed by atoms with van der Waals surface area (Å²) >= 11 is 3.55. The minimum absolute atomic E-state index is 0.0801. The number of alkyl halides is 3. The molecule has 0 radical (unpaired) electrons. The second-order valence-corrected chi connectivity index (χ2v) is 12.7. The maximum absolute atomic E-state index is 13.5. The van der Waals surface area contributed by atoms with Crippen LogP contribution in [0.4, 0.5) is 19.0 Å². The summed E-state index contributed by atoms with van der Waals surface area (Å²) in [5.74, 6) is -1.92. The van der Waals surface area contributed by atoms with Crippen molar-refractivity contribution < 1.29 is 27.9 Å². The number of likely N-dealkylation sites (tertiary alicyclic amines) is 1. The minimum Gasteiger partial charge on any atom is -0.475 e. The van der Waals surface area contributed by atoms with Crippen LogP contribution in [0.3, 0.4) is 0 Å². The smallest absolute Gasteiger partial charge is 0.475 e. The molecule has 2 aromatic rings. The number of carboxylic acids is 1. The number of rotatable bonds is 8. The van der Waals surface area contributed by atoms with Crippen LogP contribution in [0.2, 0.25) is 0 Å². The van der Waals surface area contributed by atoms with Gasteiger partial charge in [0, 0.05) is 56.6 Å². The highest BCUT2D eigenvalue weighted by Crippen LogP contribution is 2.32. The Bertz CT molecular complexity index is 1350. The van der Waals surface area contributed by atoms with Crippen molar-refractivity contribution in [3.05, 3.63) is 51.9 Å². The summed E-state index contributed by atoms with van der Waals surface area (Å²) in [7, 11) is 2.21. The molecule has 1 aromatic heterocycles. The number of anilines is 1. The van der Waals surface area contributed by atoms with Crippen molar-refractivity contribution >= 4 is 33.5 Å². The molecular formula is C31H39BrF3N7O3. The first-order valence-electron chi connectivity index (χ1n) is 15.2. The van der Waals surface area contributed by atoms with E-state index in [9.17, 15) is 23.2 Å². The molecule has 0 amide bonds. The van der Waals surface area contributed by atoms with Gasteiger partial charge in [0.15, 0.2) is 5.78 Å². The number of hydrogen-bond donors (Lipinski definition) is 1. The molecule has 1 aliphatic carbocycles. The zero-order valence-corrected chi connectivity index (χ0v) is 26.9. The van der Waals surface area contributed by atoms with Gasteiger partial charge in [-0.3, -0.25) is 14.6 Å². The molecule has 3 fully saturated rings. The fraction of sp³-hybridized carbons (Fsp3) is 0.581. The van der Waals surface area contributed by atoms with Gasteiger partial charge in [-0.2, -0.15) is 18.4 Å². The van der Waals surface area contributed by atoms with Gasteiger partial charge in [0.25, 0.3) is 0 Å². The molecule has 14 heteroatoms. The van der Waals surface area contributed by atoms with Crippen LogP contribution in [0.5, 0.6) is 0 Å². The first kappa shape index (κ1) is 34.7. The summed E-state index contributed by atoms with van der Waals surface area (Å²) in [4.78, 5) is 40.7. The fourth-order valence-electron chi connectivity index (χ4n) is 6.18. The van der Waals surface area contributed by atoms with Gasteiger partial charge in [-0.1, -0.05) is 31.0 Å². The van der Waals surface area contributed by atoms with E-state index in [1.54, 1.807) is 6.20 Å². The van der Waals surface area contributed by atoms with Crippen LogP contribution in [-0.2, 0) is 11.3 Å². The average Bonchev–Trinajstić information content (AvgIpc) is 3.56. The SMILES string of the molecule is CN1CCN(C2CCN(Cc3cccc(C(=O)CN(c4nc(C#N)ncc4Br)C4CCCC4)c3)CC2)CC1.O=C(O)C(F)(F)F. The molecule has 1 N–H and O–H groups in total. The van der Waals surface area contributed by atoms with E-state index in [1.165, 1.54) is 44.6 Å². The number of piperazine rings is 1. The quantitative estimate of drug-likeness (QED) is 0.394. The van der Waals surface area contributed by atoms with Crippen molar-refractivity contribution in [3.8, 4) is 6.07 Å². The van der Waals surface area contributed by atoms with Crippen LogP contribution < -0.4 is 4.90 Å². The highest BCUT2D eigenvalue weighted by molar-refractivity contribution is 9.10. The van der Waals surface area contributed by atoms with Crippen LogP contribution in [0, 0.1) is 11.3 Å². The Morgan fingerprint density at radius 1 is 1.09 bits per heavy atom. The Labute approximate surface area is 269 Å². The number of benzene rings is 1. The predicted molar refractivity (Wildman–Crippen MR) is 166 cm³/mol. The predicted octanol–water partition coefficient (Wildman–Crippen LogP) is 4.59. The lowest BCUT2D eigenvalue weighted by Crippen LogP contribution is -2.52. The zero-order valence-electron chi connectivity index (χ0n) is 25.3. The molecule has 0 bridgehead atoms. The lowest BCUT2D eigenvalue weighted by molar-refractivity contribution is -0.192. The minimum atomic E-state index is -5.08. The molecule has 3 heterocycles. The highest BCUT2D eigenvalue weighted by Gasteiger charge is 2.38. The second-order valence-electron chi connectivity index (χ2n) is 11.8. The lowest BCUT2D eigenvalue weighted by Gasteiger charge is -2.42. The van der Waals surface area contributed by atoms with Crippen molar-refractivity contribution in [2.45, 2.75) is 63.3 Å². The van der Waals surface area contributed by atoms with Gasteiger partial charge in [0.05, 0.1) is 11.0 Å². The molecule has 45 heavy (non-hydrogen) atoms. The third kappa shape index (κ3) is 9.93. The molecule has 2 saturated heterocycles. The zero-order chi connectivity index (χ0) is 32.6. The number of nitriles is 1. The summed E-state index contributed by atoms with van der Waals surface area (Å²) in [6, 6.07) is 11.1. The standard InChI is InChI=1S/C29H38BrN7O.C2HF3O2/c1-34-13-15-36(16-14-34)24-9-11-35(12-10-24)20-22-5-4-6-23(17-22)27(38)21-37(25-7-2-3-8-25)29-26(30)19-32-28(18-31)33-29;3-2(4,5)1(6)7/h4-6,17,19,24-25H,2-3,7-16,20-21H2,1H3;(H,6,7). The molecule has 10 nitrogen and oxygen atoms in total. The Balaban J connectivity index is 0.000000591. The van der Waals surface area contributed by atoms with Gasteiger partial charge in [-0.15, -0.1) is 0 Å². The summed E-state index contributed by atoms with van der Waals surface area (Å²) in [6.45, 7) is 8.05. The van der Waals surface area contributed by atoms with E-state index in [1.807, 2.05) is 18.2 Å². The maximum Gasteiger partial charge on any atom is 0.490 e. The van der Waals surface area contributed by atoms with Crippen LogP contribution in [0.1, 0.15) is 60.3 Å². The number of halogens is 4. The molecule has 0 spiro atoms. The van der Waals surface area contributed by atoms with Crippen molar-refractivity contribution in [2.75, 3.05) is 57.8 Å². The number of aliphatic carboxylic acids is 1. The summed E-state index contributed by atoms with van der Waals surface area (Å²) < 4.78 is 32.4. The Morgan fingerprint density at radius 3 is 2.33 bits per heavy atom. The van der Waals surface area contributed by atoms with E-state index in [2.05, 4.69) is 64.7 Å². The van der Waals surface area contributed by atoms with Gasteiger partial charge in [-0.25, -0.2) is 14.8 Å². The van der Waals surface area contributed by atoms with E-state index in [4.69, 9.17) is 9.90 Å². The van der Waals surface area contributed by atoms with Crippen LogP contribution >= 0.6 is 15.9 Å². The van der Waals surface area contributed by atoms with Crippen molar-refractivity contribution in [1.29, 1.82) is 5.26 Å². The number of hydrogen-bond acceptors (Lipinski definition) is 9. The molecular weight excluding hydrogens is 655 g/mol. The van der Waals surface area contributed by atoms with Crippen molar-refractivity contribution in [1.82, 2.24) is 24.7 Å². The normalized spacial score (nSPS) is 19.0. The largest absolute Gasteiger partial charge is 0.490 e. The molecule has 1 aromatic carbocycles. The fourth-order valence-corrected chi connectivity index (χ4v) is 6.60. The number of carbonyl (C=O) groups is 2. The van der Waals surface area contributed by atoms with Crippen molar-refractivity contribution in [3.63, 3.8) is 0 Å². The van der Waals surface area contributed by atoms with Gasteiger partial charge in [0.2, 0.25) is 5.82 Å². The third-order valence-corrected chi connectivity index (χ3v) is 9.25. The number of likely N-dealkylation sites (N-methyl/N-ethyl adjacent to an activating group) is 1. The van der Waals surface area contributed by atoms with Crippen molar-refractivity contribution in [2.24, 2.45) is 0 Å². The van der Waals surface area contributed by atoms with E-state index >= 15 is 0 Å². The molecule has 244 valence electrons. The molecule has 3 aliphatic rings. The van der Waals surface area contributed by atoms with Gasteiger partial charge < -0.3 is 14.9 Å². The van der Waals surface area contributed by atoms with E-state index in [-0.39, 0.29) is 24.2 Å². The number of piperidine rings is 1. The number of carboxylic acid groups (broad SMARTS) is 1. The number of aromatic nitrogens is 2. The number of Topliss-reactive ketones (excluding diaryl/α,β-unsaturated/α-hetero) is 1. The van der Waals surface area contributed by atoms with Gasteiger partial charge in [-0.05, 0) is 73.4 Å². The van der Waals surface area contributed by atoms with E-state index < -0.39 is 12.1 Å². The number of nitrogens with zero attached hydrogens (tertiary/aromatic N) is 7. The van der Waals surface area contributed by atoms with Crippen LogP contribution in [0.25, 0.3) is 0 Å². The molecule has 5 rings (SSSR count). The first-order valence-corrected chi connectivity index (χ1v) is 16.0. The van der Waals surface area contributed by atoms with Gasteiger partial charge >= 0.3 is 12.1 Å². The number of carbonyl (C=O) groups excluding carboxylic acids is 1. The van der Waals surface area contributed by atoms with Crippen LogP contribution in [-0.4, -0.2) is 113 Å². The second kappa shape index (κ2) is 15.9. The average molecular weight is 695 g/mol. The summed E-state index contributed by atoms with van der Waals surface area (Å²) in [5, 5.41) is 16.5. The number of ketones is 1. The molecule has 1 saturated carbocycles. The maximum atomic E-state index is 13.5. The van der Waals surface area contributed by atoms with Crippen LogP contribution in [0.15, 0.2) is 34.9 Å². The third-order valence-electron chi connectivity index (χ3n) is 8.69. The molecule has 0 atom stereocenters. The Hall–Kier alpha value is -3.12. The topological polar surface area (TPSA) is 117 Å². The highest BCUT2D eigenvalue weighted by atomic mass is 79.9. The lowest BCUT2D eigenvalue weighted by atomic mass is 10.0. The molecule has 0 unspecified atom stereocenters. The van der Waals surface area contributed by atoms with E-state index in [0.29, 0.717) is 16.3 Å². The van der Waals surface area contributed by atoms with E-state index in [0.717, 1.165) is 50.9 Å². The Morgan fingerprint density at radius 2 is 1.73 bits per heavy atom.